The first-order valence-corrected chi connectivity index (χ1v) is 7.68. The molecule has 0 unspecified atom stereocenters. The highest BCUT2D eigenvalue weighted by Gasteiger charge is 2.36. The highest BCUT2D eigenvalue weighted by Crippen LogP contribution is 2.31. The third kappa shape index (κ3) is 3.80. The Morgan fingerprint density at radius 3 is 2.95 bits per heavy atom. The molecule has 5 nitrogen and oxygen atoms in total. The first kappa shape index (κ1) is 14.0. The molecule has 2 amide bonds. The van der Waals surface area contributed by atoms with Crippen LogP contribution in [-0.4, -0.2) is 41.3 Å². The Kier molecular flexibility index (Phi) is 4.18. The van der Waals surface area contributed by atoms with Gasteiger partial charge in [0, 0.05) is 44.4 Å². The van der Waals surface area contributed by atoms with Crippen LogP contribution in [0.3, 0.4) is 0 Å². The van der Waals surface area contributed by atoms with Crippen molar-refractivity contribution in [3.05, 3.63) is 30.1 Å². The molecular weight excluding hydrogens is 266 g/mol. The van der Waals surface area contributed by atoms with Crippen molar-refractivity contribution in [2.75, 3.05) is 19.6 Å². The van der Waals surface area contributed by atoms with Gasteiger partial charge in [0.05, 0.1) is 5.92 Å². The number of rotatable bonds is 6. The molecule has 1 N–H and O–H groups in total. The second-order valence-corrected chi connectivity index (χ2v) is 6.01. The van der Waals surface area contributed by atoms with Gasteiger partial charge in [0.2, 0.25) is 11.8 Å². The lowest BCUT2D eigenvalue weighted by Gasteiger charge is -2.15. The summed E-state index contributed by atoms with van der Waals surface area (Å²) >= 11 is 0. The van der Waals surface area contributed by atoms with Crippen molar-refractivity contribution in [3.8, 4) is 0 Å². The molecule has 0 radical (unpaired) electrons. The zero-order valence-corrected chi connectivity index (χ0v) is 12.1. The van der Waals surface area contributed by atoms with Crippen LogP contribution in [0.1, 0.15) is 25.0 Å². The second kappa shape index (κ2) is 6.24. The van der Waals surface area contributed by atoms with Crippen LogP contribution in [0.2, 0.25) is 0 Å². The molecule has 1 saturated heterocycles. The second-order valence-electron chi connectivity index (χ2n) is 6.01. The predicted molar refractivity (Wildman–Crippen MR) is 78.4 cm³/mol. The van der Waals surface area contributed by atoms with E-state index in [0.29, 0.717) is 25.4 Å². The topological polar surface area (TPSA) is 62.3 Å². The molecule has 2 heterocycles. The van der Waals surface area contributed by atoms with Crippen LogP contribution in [0.25, 0.3) is 0 Å². The Morgan fingerprint density at radius 2 is 2.24 bits per heavy atom. The van der Waals surface area contributed by atoms with Crippen molar-refractivity contribution < 1.29 is 9.59 Å². The van der Waals surface area contributed by atoms with E-state index < -0.39 is 0 Å². The maximum absolute atomic E-state index is 12.1. The van der Waals surface area contributed by atoms with E-state index in [9.17, 15) is 9.59 Å². The maximum atomic E-state index is 12.1. The van der Waals surface area contributed by atoms with Gasteiger partial charge in [0.15, 0.2) is 0 Å². The quantitative estimate of drug-likeness (QED) is 0.849. The summed E-state index contributed by atoms with van der Waals surface area (Å²) in [5.74, 6) is 0.629. The van der Waals surface area contributed by atoms with Gasteiger partial charge in [-0.1, -0.05) is 6.07 Å². The van der Waals surface area contributed by atoms with Crippen LogP contribution >= 0.6 is 0 Å². The van der Waals surface area contributed by atoms with Crippen molar-refractivity contribution in [3.63, 3.8) is 0 Å². The zero-order chi connectivity index (χ0) is 14.7. The van der Waals surface area contributed by atoms with Gasteiger partial charge in [-0.2, -0.15) is 0 Å². The summed E-state index contributed by atoms with van der Waals surface area (Å²) in [6, 6.07) is 5.76. The highest BCUT2D eigenvalue weighted by atomic mass is 16.2. The molecule has 1 atom stereocenters. The molecule has 1 aliphatic carbocycles. The molecule has 0 spiro atoms. The molecule has 2 aliphatic rings. The summed E-state index contributed by atoms with van der Waals surface area (Å²) in [4.78, 5) is 30.1. The molecule has 1 saturated carbocycles. The SMILES string of the molecule is O=C(NCCc1ccccn1)[C@H]1CC(=O)N(CC2CC2)C1. The lowest BCUT2D eigenvalue weighted by molar-refractivity contribution is -0.129. The third-order valence-corrected chi connectivity index (χ3v) is 4.17. The first-order chi connectivity index (χ1) is 10.2. The average molecular weight is 287 g/mol. The molecule has 1 aromatic heterocycles. The van der Waals surface area contributed by atoms with Gasteiger partial charge in [0.1, 0.15) is 0 Å². The molecule has 1 aliphatic heterocycles. The number of nitrogens with zero attached hydrogens (tertiary/aromatic N) is 2. The van der Waals surface area contributed by atoms with Crippen LogP contribution in [0.5, 0.6) is 0 Å². The Labute approximate surface area is 124 Å². The fourth-order valence-electron chi connectivity index (χ4n) is 2.74. The van der Waals surface area contributed by atoms with Gasteiger partial charge in [-0.05, 0) is 30.9 Å². The van der Waals surface area contributed by atoms with E-state index in [1.807, 2.05) is 23.1 Å². The van der Waals surface area contributed by atoms with Gasteiger partial charge >= 0.3 is 0 Å². The number of nitrogens with one attached hydrogen (secondary N) is 1. The van der Waals surface area contributed by atoms with Crippen molar-refractivity contribution in [2.45, 2.75) is 25.7 Å². The fraction of sp³-hybridized carbons (Fsp3) is 0.562. The van der Waals surface area contributed by atoms with Crippen molar-refractivity contribution >= 4 is 11.8 Å². The van der Waals surface area contributed by atoms with Crippen LogP contribution in [0.4, 0.5) is 0 Å². The zero-order valence-electron chi connectivity index (χ0n) is 12.1. The fourth-order valence-corrected chi connectivity index (χ4v) is 2.74. The minimum Gasteiger partial charge on any atom is -0.355 e. The number of likely N-dealkylation sites (tertiary alicyclic amines) is 1. The van der Waals surface area contributed by atoms with E-state index in [1.54, 1.807) is 6.20 Å². The van der Waals surface area contributed by atoms with E-state index in [2.05, 4.69) is 10.3 Å². The van der Waals surface area contributed by atoms with Crippen LogP contribution in [0, 0.1) is 11.8 Å². The molecule has 112 valence electrons. The van der Waals surface area contributed by atoms with E-state index in [1.165, 1.54) is 12.8 Å². The highest BCUT2D eigenvalue weighted by molar-refractivity contribution is 5.89. The lowest BCUT2D eigenvalue weighted by Crippen LogP contribution is -2.34. The van der Waals surface area contributed by atoms with Crippen molar-refractivity contribution in [1.29, 1.82) is 0 Å². The molecule has 5 heteroatoms. The standard InChI is InChI=1S/C16H21N3O2/c20-15-9-13(11-19(15)10-12-4-5-12)16(21)18-8-6-14-3-1-2-7-17-14/h1-3,7,12-13H,4-6,8-11H2,(H,18,21)/t13-/m0/s1. The lowest BCUT2D eigenvalue weighted by atomic mass is 10.1. The van der Waals surface area contributed by atoms with Crippen LogP contribution in [0.15, 0.2) is 24.4 Å². The van der Waals surface area contributed by atoms with E-state index >= 15 is 0 Å². The van der Waals surface area contributed by atoms with Crippen molar-refractivity contribution in [1.82, 2.24) is 15.2 Å². The number of hydrogen-bond acceptors (Lipinski definition) is 3. The van der Waals surface area contributed by atoms with E-state index in [-0.39, 0.29) is 17.7 Å². The monoisotopic (exact) mass is 287 g/mol. The molecule has 2 fully saturated rings. The minimum atomic E-state index is -0.181. The Balaban J connectivity index is 1.42. The summed E-state index contributed by atoms with van der Waals surface area (Å²) in [7, 11) is 0. The molecule has 3 rings (SSSR count). The number of carbonyl (C=O) groups excluding carboxylic acids is 2. The van der Waals surface area contributed by atoms with Gasteiger partial charge in [-0.25, -0.2) is 0 Å². The summed E-state index contributed by atoms with van der Waals surface area (Å²) in [6.07, 6.45) is 5.29. The Hall–Kier alpha value is -1.91. The number of amides is 2. The molecule has 1 aromatic rings. The number of carbonyl (C=O) groups is 2. The molecule has 21 heavy (non-hydrogen) atoms. The van der Waals surface area contributed by atoms with E-state index in [0.717, 1.165) is 18.7 Å². The van der Waals surface area contributed by atoms with Crippen molar-refractivity contribution in [2.24, 2.45) is 11.8 Å². The Bertz CT molecular complexity index is 514. The molecule has 0 aromatic carbocycles. The number of hydrogen-bond donors (Lipinski definition) is 1. The van der Waals surface area contributed by atoms with E-state index in [4.69, 9.17) is 0 Å². The van der Waals surface area contributed by atoms with Gasteiger partial charge in [-0.3, -0.25) is 14.6 Å². The first-order valence-electron chi connectivity index (χ1n) is 7.68. The van der Waals surface area contributed by atoms with Crippen LogP contribution < -0.4 is 5.32 Å². The maximum Gasteiger partial charge on any atom is 0.225 e. The smallest absolute Gasteiger partial charge is 0.225 e. The summed E-state index contributed by atoms with van der Waals surface area (Å²) < 4.78 is 0. The summed E-state index contributed by atoms with van der Waals surface area (Å²) in [5, 5.41) is 2.93. The van der Waals surface area contributed by atoms with Gasteiger partial charge in [0.25, 0.3) is 0 Å². The summed E-state index contributed by atoms with van der Waals surface area (Å²) in [5.41, 5.74) is 0.968. The molecular formula is C16H21N3O2. The average Bonchev–Trinajstić information content (AvgIpc) is 3.23. The van der Waals surface area contributed by atoms with Gasteiger partial charge < -0.3 is 10.2 Å². The summed E-state index contributed by atoms with van der Waals surface area (Å²) in [6.45, 7) is 2.00. The third-order valence-electron chi connectivity index (χ3n) is 4.17. The Morgan fingerprint density at radius 1 is 1.38 bits per heavy atom. The van der Waals surface area contributed by atoms with Crippen LogP contribution in [-0.2, 0) is 16.0 Å². The number of aromatic nitrogens is 1. The van der Waals surface area contributed by atoms with Gasteiger partial charge in [-0.15, -0.1) is 0 Å². The molecule has 0 bridgehead atoms. The number of pyridine rings is 1. The largest absolute Gasteiger partial charge is 0.355 e. The normalized spacial score (nSPS) is 21.6. The predicted octanol–water partition coefficient (Wildman–Crippen LogP) is 0.999. The minimum absolute atomic E-state index is 0.00224.